The molecule has 0 aliphatic rings. The second-order valence-electron chi connectivity index (χ2n) is 1.64. The smallest absolute Gasteiger partial charge is 0.269 e. The number of H-pyrrole nitrogens is 1. The fraction of sp³-hybridized carbons (Fsp3) is 0.500. The number of rotatable bonds is 1. The van der Waals surface area contributed by atoms with Crippen LogP contribution in [0, 0.1) is 0 Å². The Kier molecular flexibility index (Phi) is 1.89. The van der Waals surface area contributed by atoms with E-state index in [2.05, 4.69) is 32.8 Å². The van der Waals surface area contributed by atoms with E-state index in [4.69, 9.17) is 0 Å². The van der Waals surface area contributed by atoms with E-state index in [1.54, 1.807) is 0 Å². The van der Waals surface area contributed by atoms with E-state index in [1.165, 1.54) is 10.9 Å². The highest BCUT2D eigenvalue weighted by molar-refractivity contribution is 14.1. The Morgan fingerprint density at radius 1 is 2.00 bits per heavy atom. The molecule has 1 rings (SSSR count). The zero-order valence-corrected chi connectivity index (χ0v) is 6.99. The van der Waals surface area contributed by atoms with E-state index < -0.39 is 0 Å². The van der Waals surface area contributed by atoms with Crippen molar-refractivity contribution in [2.75, 3.05) is 0 Å². The number of halogens is 1. The van der Waals surface area contributed by atoms with Gasteiger partial charge in [-0.25, -0.2) is 9.89 Å². The zero-order valence-electron chi connectivity index (χ0n) is 4.84. The van der Waals surface area contributed by atoms with Gasteiger partial charge in [-0.1, -0.05) is 22.6 Å². The summed E-state index contributed by atoms with van der Waals surface area (Å²) in [7, 11) is 0. The zero-order chi connectivity index (χ0) is 6.85. The molecule has 4 nitrogen and oxygen atoms in total. The van der Waals surface area contributed by atoms with Gasteiger partial charge in [0, 0.05) is 0 Å². The number of hydrogen-bond donors (Lipinski definition) is 1. The minimum atomic E-state index is -0.156. The molecule has 1 unspecified atom stereocenters. The van der Waals surface area contributed by atoms with Crippen LogP contribution in [0.4, 0.5) is 0 Å². The minimum Gasteiger partial charge on any atom is -0.269 e. The summed E-state index contributed by atoms with van der Waals surface area (Å²) in [4.78, 5) is 10.7. The number of aromatic nitrogens is 3. The third-order valence-corrected chi connectivity index (χ3v) is 1.56. The molecule has 0 aliphatic heterocycles. The molecule has 0 aromatic carbocycles. The summed E-state index contributed by atoms with van der Waals surface area (Å²) >= 11 is 2.13. The maximum absolute atomic E-state index is 10.7. The van der Waals surface area contributed by atoms with Crippen molar-refractivity contribution in [1.82, 2.24) is 14.8 Å². The first-order chi connectivity index (χ1) is 4.22. The molecule has 0 radical (unpaired) electrons. The van der Waals surface area contributed by atoms with E-state index in [1.807, 2.05) is 6.92 Å². The quantitative estimate of drug-likeness (QED) is 0.573. The van der Waals surface area contributed by atoms with E-state index in [0.29, 0.717) is 0 Å². The van der Waals surface area contributed by atoms with Gasteiger partial charge in [-0.3, -0.25) is 4.57 Å². The largest absolute Gasteiger partial charge is 0.344 e. The van der Waals surface area contributed by atoms with Crippen LogP contribution in [0.15, 0.2) is 11.1 Å². The molecule has 1 heterocycles. The third-order valence-electron chi connectivity index (χ3n) is 0.960. The Morgan fingerprint density at radius 2 is 2.67 bits per heavy atom. The Balaban J connectivity index is 3.08. The lowest BCUT2D eigenvalue weighted by Crippen LogP contribution is -2.16. The maximum atomic E-state index is 10.7. The molecule has 1 aromatic rings. The fourth-order valence-corrected chi connectivity index (χ4v) is 0.907. The van der Waals surface area contributed by atoms with E-state index >= 15 is 0 Å². The average Bonchev–Trinajstić information content (AvgIpc) is 2.13. The van der Waals surface area contributed by atoms with Crippen molar-refractivity contribution in [1.29, 1.82) is 0 Å². The van der Waals surface area contributed by atoms with E-state index in [9.17, 15) is 4.79 Å². The molecule has 1 atom stereocenters. The van der Waals surface area contributed by atoms with Gasteiger partial charge < -0.3 is 0 Å². The van der Waals surface area contributed by atoms with Gasteiger partial charge in [0.25, 0.3) is 0 Å². The van der Waals surface area contributed by atoms with Gasteiger partial charge in [0.15, 0.2) is 0 Å². The van der Waals surface area contributed by atoms with Crippen LogP contribution in [0.25, 0.3) is 0 Å². The molecule has 0 fully saturated rings. The van der Waals surface area contributed by atoms with Crippen molar-refractivity contribution in [3.05, 3.63) is 16.8 Å². The van der Waals surface area contributed by atoms with E-state index in [-0.39, 0.29) is 9.74 Å². The molecule has 0 saturated carbocycles. The molecule has 0 amide bonds. The van der Waals surface area contributed by atoms with Crippen LogP contribution in [-0.4, -0.2) is 14.8 Å². The van der Waals surface area contributed by atoms with Crippen LogP contribution in [0.1, 0.15) is 11.0 Å². The van der Waals surface area contributed by atoms with Gasteiger partial charge in [0.2, 0.25) is 0 Å². The molecule has 0 bridgehead atoms. The Labute approximate surface area is 65.4 Å². The molecule has 0 saturated heterocycles. The Morgan fingerprint density at radius 3 is 2.89 bits per heavy atom. The predicted molar refractivity (Wildman–Crippen MR) is 41.6 cm³/mol. The lowest BCUT2D eigenvalue weighted by atomic mass is 10.7. The highest BCUT2D eigenvalue weighted by Gasteiger charge is 2.00. The van der Waals surface area contributed by atoms with Crippen LogP contribution in [0.2, 0.25) is 0 Å². The van der Waals surface area contributed by atoms with Crippen molar-refractivity contribution in [3.8, 4) is 0 Å². The van der Waals surface area contributed by atoms with Crippen LogP contribution < -0.4 is 5.69 Å². The first kappa shape index (κ1) is 6.79. The molecular weight excluding hydrogens is 233 g/mol. The summed E-state index contributed by atoms with van der Waals surface area (Å²) in [5, 5.41) is 5.87. The molecule has 1 aromatic heterocycles. The number of hydrogen-bond acceptors (Lipinski definition) is 2. The van der Waals surface area contributed by atoms with Gasteiger partial charge in [0.05, 0.1) is 4.05 Å². The monoisotopic (exact) mass is 239 g/mol. The molecule has 9 heavy (non-hydrogen) atoms. The van der Waals surface area contributed by atoms with Crippen LogP contribution in [0.5, 0.6) is 0 Å². The van der Waals surface area contributed by atoms with Crippen molar-refractivity contribution >= 4 is 22.6 Å². The normalized spacial score (nSPS) is 13.6. The van der Waals surface area contributed by atoms with Crippen molar-refractivity contribution in [2.24, 2.45) is 0 Å². The Hall–Kier alpha value is -0.330. The summed E-state index contributed by atoms with van der Waals surface area (Å²) in [6.07, 6.45) is 1.49. The second kappa shape index (κ2) is 2.51. The number of alkyl halides is 1. The lowest BCUT2D eigenvalue weighted by Gasteiger charge is -1.98. The third kappa shape index (κ3) is 1.32. The highest BCUT2D eigenvalue weighted by atomic mass is 127. The van der Waals surface area contributed by atoms with Gasteiger partial charge >= 0.3 is 5.69 Å². The summed E-state index contributed by atoms with van der Waals surface area (Å²) in [5.41, 5.74) is -0.156. The van der Waals surface area contributed by atoms with Crippen LogP contribution in [-0.2, 0) is 0 Å². The lowest BCUT2D eigenvalue weighted by molar-refractivity contribution is 0.734. The highest BCUT2D eigenvalue weighted by Crippen LogP contribution is 2.08. The van der Waals surface area contributed by atoms with Gasteiger partial charge in [-0.2, -0.15) is 5.10 Å². The summed E-state index contributed by atoms with van der Waals surface area (Å²) < 4.78 is 1.68. The topological polar surface area (TPSA) is 50.7 Å². The van der Waals surface area contributed by atoms with Crippen LogP contribution >= 0.6 is 22.6 Å². The fourth-order valence-electron chi connectivity index (χ4n) is 0.510. The van der Waals surface area contributed by atoms with Crippen LogP contribution in [0.3, 0.4) is 0 Å². The summed E-state index contributed by atoms with van der Waals surface area (Å²) in [5.74, 6) is 0. The summed E-state index contributed by atoms with van der Waals surface area (Å²) in [6, 6.07) is 0. The molecule has 0 aliphatic carbocycles. The van der Waals surface area contributed by atoms with Gasteiger partial charge in [-0.05, 0) is 6.92 Å². The molecule has 1 N–H and O–H groups in total. The number of aromatic amines is 1. The Bertz CT molecular complexity index is 238. The second-order valence-corrected chi connectivity index (χ2v) is 3.45. The predicted octanol–water partition coefficient (Wildman–Crippen LogP) is 0.525. The van der Waals surface area contributed by atoms with Crippen molar-refractivity contribution in [2.45, 2.75) is 11.0 Å². The maximum Gasteiger partial charge on any atom is 0.344 e. The molecule has 5 heteroatoms. The first-order valence-electron chi connectivity index (χ1n) is 2.47. The molecular formula is C4H6IN3O. The van der Waals surface area contributed by atoms with E-state index in [0.717, 1.165) is 0 Å². The number of nitrogens with one attached hydrogen (secondary N) is 1. The number of nitrogens with zero attached hydrogens (tertiary/aromatic N) is 2. The average molecular weight is 239 g/mol. The molecule has 50 valence electrons. The minimum absolute atomic E-state index is 0.156. The SMILES string of the molecule is CC(I)n1cn[nH]c1=O. The standard InChI is InChI=1S/C4H6IN3O/c1-3(5)8-2-6-7-4(8)9/h2-3H,1H3,(H,7,9). The van der Waals surface area contributed by atoms with Gasteiger partial charge in [0.1, 0.15) is 6.33 Å². The molecule has 0 spiro atoms. The van der Waals surface area contributed by atoms with Crippen molar-refractivity contribution < 1.29 is 0 Å². The first-order valence-corrected chi connectivity index (χ1v) is 3.72. The van der Waals surface area contributed by atoms with Gasteiger partial charge in [-0.15, -0.1) is 0 Å². The summed E-state index contributed by atoms with van der Waals surface area (Å²) in [6.45, 7) is 1.91. The van der Waals surface area contributed by atoms with Crippen molar-refractivity contribution in [3.63, 3.8) is 0 Å².